The average molecular weight is 262 g/mol. The van der Waals surface area contributed by atoms with Crippen LogP contribution >= 0.6 is 23.2 Å². The number of halogens is 2. The molecule has 0 atom stereocenters. The number of hydrogen-bond acceptors (Lipinski definition) is 3. The summed E-state index contributed by atoms with van der Waals surface area (Å²) in [7, 11) is 0. The molecule has 1 rings (SSSR count). The number of nitrogens with one attached hydrogen (secondary N) is 1. The van der Waals surface area contributed by atoms with Gasteiger partial charge in [0.2, 0.25) is 0 Å². The van der Waals surface area contributed by atoms with Crippen LogP contribution in [0.5, 0.6) is 0 Å². The number of carbonyl (C=O) groups is 1. The Bertz CT molecular complexity index is 360. The van der Waals surface area contributed by atoms with E-state index in [0.717, 1.165) is 0 Å². The van der Waals surface area contributed by atoms with Crippen molar-refractivity contribution in [3.8, 4) is 0 Å². The Kier molecular flexibility index (Phi) is 4.90. The third kappa shape index (κ3) is 4.73. The van der Waals surface area contributed by atoms with Crippen molar-refractivity contribution in [3.05, 3.63) is 28.2 Å². The van der Waals surface area contributed by atoms with Crippen LogP contribution in [-0.2, 0) is 9.53 Å². The molecule has 0 spiro atoms. The third-order valence-electron chi connectivity index (χ3n) is 1.67. The molecule has 0 bridgehead atoms. The van der Waals surface area contributed by atoms with E-state index < -0.39 is 0 Å². The van der Waals surface area contributed by atoms with E-state index in [9.17, 15) is 4.79 Å². The topological polar surface area (TPSA) is 38.3 Å². The highest BCUT2D eigenvalue weighted by Gasteiger charge is 2.05. The molecule has 0 unspecified atom stereocenters. The minimum atomic E-state index is -0.314. The lowest BCUT2D eigenvalue weighted by atomic mass is 10.3. The molecule has 1 aromatic carbocycles. The lowest BCUT2D eigenvalue weighted by Crippen LogP contribution is -2.20. The summed E-state index contributed by atoms with van der Waals surface area (Å²) in [5, 5.41) is 3.93. The van der Waals surface area contributed by atoms with Crippen molar-refractivity contribution in [2.75, 3.05) is 11.9 Å². The average Bonchev–Trinajstić information content (AvgIpc) is 2.12. The molecule has 0 fully saturated rings. The fourth-order valence-corrected chi connectivity index (χ4v) is 1.66. The summed E-state index contributed by atoms with van der Waals surface area (Å²) in [5.74, 6) is -0.314. The van der Waals surface area contributed by atoms with Gasteiger partial charge in [-0.3, -0.25) is 4.79 Å². The maximum absolute atomic E-state index is 11.2. The Morgan fingerprint density at radius 1 is 1.31 bits per heavy atom. The molecule has 5 heteroatoms. The number of anilines is 1. The highest BCUT2D eigenvalue weighted by molar-refractivity contribution is 6.35. The number of benzene rings is 1. The molecule has 88 valence electrons. The number of ether oxygens (including phenoxy) is 1. The van der Waals surface area contributed by atoms with E-state index in [1.165, 1.54) is 0 Å². The van der Waals surface area contributed by atoms with Gasteiger partial charge in [-0.1, -0.05) is 23.2 Å². The largest absolute Gasteiger partial charge is 0.462 e. The predicted octanol–water partition coefficient (Wildman–Crippen LogP) is 3.36. The van der Waals surface area contributed by atoms with Crippen molar-refractivity contribution >= 4 is 34.9 Å². The Morgan fingerprint density at radius 3 is 2.38 bits per heavy atom. The summed E-state index contributed by atoms with van der Waals surface area (Å²) in [6.45, 7) is 3.69. The normalized spacial score (nSPS) is 10.3. The van der Waals surface area contributed by atoms with Crippen LogP contribution in [0.15, 0.2) is 18.2 Å². The summed E-state index contributed by atoms with van der Waals surface area (Å²) in [4.78, 5) is 11.2. The monoisotopic (exact) mass is 261 g/mol. The fraction of sp³-hybridized carbons (Fsp3) is 0.364. The van der Waals surface area contributed by atoms with E-state index in [1.807, 2.05) is 0 Å². The van der Waals surface area contributed by atoms with Gasteiger partial charge < -0.3 is 10.1 Å². The zero-order valence-corrected chi connectivity index (χ0v) is 10.6. The molecule has 0 radical (unpaired) electrons. The molecular weight excluding hydrogens is 249 g/mol. The van der Waals surface area contributed by atoms with Crippen LogP contribution in [-0.4, -0.2) is 18.6 Å². The maximum Gasteiger partial charge on any atom is 0.325 e. The first kappa shape index (κ1) is 13.1. The molecule has 0 heterocycles. The number of carbonyl (C=O) groups excluding carboxylic acids is 1. The zero-order valence-electron chi connectivity index (χ0n) is 9.09. The molecule has 1 N–H and O–H groups in total. The smallest absolute Gasteiger partial charge is 0.325 e. The predicted molar refractivity (Wildman–Crippen MR) is 66.2 cm³/mol. The van der Waals surface area contributed by atoms with Crippen molar-refractivity contribution in [1.29, 1.82) is 0 Å². The van der Waals surface area contributed by atoms with E-state index in [4.69, 9.17) is 27.9 Å². The van der Waals surface area contributed by atoms with Crippen LogP contribution in [0.3, 0.4) is 0 Å². The molecule has 16 heavy (non-hydrogen) atoms. The summed E-state index contributed by atoms with van der Waals surface area (Å²) in [6, 6.07) is 5.01. The van der Waals surface area contributed by atoms with Gasteiger partial charge in [-0.25, -0.2) is 0 Å². The first-order chi connectivity index (χ1) is 7.47. The highest BCUT2D eigenvalue weighted by atomic mass is 35.5. The lowest BCUT2D eigenvalue weighted by Gasteiger charge is -2.10. The maximum atomic E-state index is 11.2. The van der Waals surface area contributed by atoms with Gasteiger partial charge in [0, 0.05) is 15.7 Å². The van der Waals surface area contributed by atoms with E-state index in [0.29, 0.717) is 15.7 Å². The zero-order chi connectivity index (χ0) is 12.1. The van der Waals surface area contributed by atoms with Crippen LogP contribution in [0.1, 0.15) is 13.8 Å². The Balaban J connectivity index is 2.51. The van der Waals surface area contributed by atoms with Crippen LogP contribution in [0, 0.1) is 0 Å². The highest BCUT2D eigenvalue weighted by Crippen LogP contribution is 2.22. The van der Waals surface area contributed by atoms with Gasteiger partial charge in [0.25, 0.3) is 0 Å². The number of esters is 1. The second kappa shape index (κ2) is 5.97. The molecule has 0 aliphatic heterocycles. The number of rotatable bonds is 4. The quantitative estimate of drug-likeness (QED) is 0.845. The van der Waals surface area contributed by atoms with E-state index in [2.05, 4.69) is 5.32 Å². The van der Waals surface area contributed by atoms with Crippen LogP contribution in [0.2, 0.25) is 10.0 Å². The molecule has 3 nitrogen and oxygen atoms in total. The summed E-state index contributed by atoms with van der Waals surface area (Å²) < 4.78 is 4.97. The van der Waals surface area contributed by atoms with Crippen LogP contribution in [0.4, 0.5) is 5.69 Å². The van der Waals surface area contributed by atoms with Crippen LogP contribution < -0.4 is 5.32 Å². The minimum Gasteiger partial charge on any atom is -0.462 e. The van der Waals surface area contributed by atoms with Gasteiger partial charge in [-0.05, 0) is 32.0 Å². The van der Waals surface area contributed by atoms with Crippen molar-refractivity contribution in [2.24, 2.45) is 0 Å². The first-order valence-electron chi connectivity index (χ1n) is 4.87. The van der Waals surface area contributed by atoms with Crippen molar-refractivity contribution in [1.82, 2.24) is 0 Å². The van der Waals surface area contributed by atoms with Crippen molar-refractivity contribution < 1.29 is 9.53 Å². The van der Waals surface area contributed by atoms with Gasteiger partial charge in [0.1, 0.15) is 6.54 Å². The van der Waals surface area contributed by atoms with Gasteiger partial charge in [0.15, 0.2) is 0 Å². The van der Waals surface area contributed by atoms with Gasteiger partial charge >= 0.3 is 5.97 Å². The molecule has 1 aromatic rings. The minimum absolute atomic E-state index is 0.0921. The van der Waals surface area contributed by atoms with Gasteiger partial charge in [-0.2, -0.15) is 0 Å². The molecule has 0 saturated heterocycles. The molecular formula is C11H13Cl2NO2. The molecule has 0 aliphatic rings. The number of hydrogen-bond donors (Lipinski definition) is 1. The molecule has 0 amide bonds. The second-order valence-electron chi connectivity index (χ2n) is 3.55. The fourth-order valence-electron chi connectivity index (χ4n) is 1.13. The van der Waals surface area contributed by atoms with Crippen molar-refractivity contribution in [3.63, 3.8) is 0 Å². The molecule has 0 aromatic heterocycles. The first-order valence-corrected chi connectivity index (χ1v) is 5.62. The third-order valence-corrected chi connectivity index (χ3v) is 2.10. The SMILES string of the molecule is CC(C)OC(=O)CNc1cc(Cl)cc(Cl)c1. The lowest BCUT2D eigenvalue weighted by molar-refractivity contribution is -0.145. The molecule has 0 saturated carbocycles. The standard InChI is InChI=1S/C11H13Cl2NO2/c1-7(2)16-11(15)6-14-10-4-8(12)3-9(13)5-10/h3-5,7,14H,6H2,1-2H3. The summed E-state index contributed by atoms with van der Waals surface area (Å²) in [6.07, 6.45) is -0.114. The second-order valence-corrected chi connectivity index (χ2v) is 4.42. The van der Waals surface area contributed by atoms with Gasteiger partial charge in [0.05, 0.1) is 6.10 Å². The Hall–Kier alpha value is -0.930. The molecule has 0 aliphatic carbocycles. The summed E-state index contributed by atoms with van der Waals surface area (Å²) in [5.41, 5.74) is 0.693. The van der Waals surface area contributed by atoms with Crippen molar-refractivity contribution in [2.45, 2.75) is 20.0 Å². The van der Waals surface area contributed by atoms with Crippen LogP contribution in [0.25, 0.3) is 0 Å². The Labute approximate surface area is 105 Å². The van der Waals surface area contributed by atoms with Gasteiger partial charge in [-0.15, -0.1) is 0 Å². The Morgan fingerprint density at radius 2 is 1.88 bits per heavy atom. The van der Waals surface area contributed by atoms with E-state index in [-0.39, 0.29) is 18.6 Å². The van der Waals surface area contributed by atoms with E-state index in [1.54, 1.807) is 32.0 Å². The van der Waals surface area contributed by atoms with E-state index >= 15 is 0 Å². The summed E-state index contributed by atoms with van der Waals surface area (Å²) >= 11 is 11.6.